The Balaban J connectivity index is 2.10. The number of hydrogen-bond donors (Lipinski definition) is 5. The van der Waals surface area contributed by atoms with Crippen molar-refractivity contribution in [2.45, 2.75) is 62.3 Å². The fourth-order valence-corrected chi connectivity index (χ4v) is 3.19. The molecule has 9 heteroatoms. The summed E-state index contributed by atoms with van der Waals surface area (Å²) in [6.45, 7) is 1.07. The Morgan fingerprint density at radius 1 is 1.13 bits per heavy atom. The Labute approximate surface area is 133 Å². The van der Waals surface area contributed by atoms with E-state index in [1.807, 2.05) is 6.92 Å². The van der Waals surface area contributed by atoms with Crippen molar-refractivity contribution in [2.24, 2.45) is 11.7 Å². The molecular weight excluding hydrogens is 310 g/mol. The molecule has 2 aliphatic heterocycles. The van der Waals surface area contributed by atoms with Crippen LogP contribution in [0.25, 0.3) is 0 Å². The second-order valence-electron chi connectivity index (χ2n) is 5.91. The number of carbonyl (C=O) groups is 1. The van der Waals surface area contributed by atoms with Gasteiger partial charge in [-0.05, 0) is 6.42 Å². The minimum atomic E-state index is -1.28. The molecule has 9 atom stereocenters. The third-order valence-electron chi connectivity index (χ3n) is 4.56. The van der Waals surface area contributed by atoms with Crippen LogP contribution in [0.1, 0.15) is 13.3 Å². The first-order valence-corrected chi connectivity index (χ1v) is 7.73. The quantitative estimate of drug-likeness (QED) is 0.322. The van der Waals surface area contributed by atoms with Crippen molar-refractivity contribution in [1.29, 1.82) is 0 Å². The maximum atomic E-state index is 10.9. The maximum absolute atomic E-state index is 10.9. The molecule has 134 valence electrons. The second kappa shape index (κ2) is 7.95. The average Bonchev–Trinajstić information content (AvgIpc) is 2.87. The van der Waals surface area contributed by atoms with Gasteiger partial charge in [0.05, 0.1) is 31.5 Å². The molecule has 0 radical (unpaired) electrons. The fourth-order valence-electron chi connectivity index (χ4n) is 3.19. The fraction of sp³-hybridized carbons (Fsp3) is 0.929. The van der Waals surface area contributed by atoms with Crippen LogP contribution in [0.3, 0.4) is 0 Å². The zero-order valence-electron chi connectivity index (χ0n) is 12.9. The van der Waals surface area contributed by atoms with E-state index in [1.54, 1.807) is 0 Å². The van der Waals surface area contributed by atoms with E-state index in [2.05, 4.69) is 0 Å². The van der Waals surface area contributed by atoms with E-state index in [-0.39, 0.29) is 12.5 Å². The van der Waals surface area contributed by atoms with E-state index in [0.717, 1.165) is 0 Å². The first kappa shape index (κ1) is 18.7. The van der Waals surface area contributed by atoms with Gasteiger partial charge in [0.1, 0.15) is 24.4 Å². The highest BCUT2D eigenvalue weighted by Crippen LogP contribution is 2.31. The number of carbonyl (C=O) groups excluding carboxylic acids is 1. The van der Waals surface area contributed by atoms with Crippen LogP contribution in [0.4, 0.5) is 0 Å². The summed E-state index contributed by atoms with van der Waals surface area (Å²) < 4.78 is 16.4. The molecule has 23 heavy (non-hydrogen) atoms. The molecule has 6 N–H and O–H groups in total. The molecule has 9 nitrogen and oxygen atoms in total. The zero-order chi connectivity index (χ0) is 17.1. The summed E-state index contributed by atoms with van der Waals surface area (Å²) in [5.41, 5.74) is 5.95. The Bertz CT molecular complexity index is 395. The lowest BCUT2D eigenvalue weighted by atomic mass is 9.86. The van der Waals surface area contributed by atoms with Crippen LogP contribution in [0.5, 0.6) is 0 Å². The molecule has 0 saturated carbocycles. The first-order valence-electron chi connectivity index (χ1n) is 7.73. The van der Waals surface area contributed by atoms with Crippen LogP contribution in [-0.2, 0) is 19.0 Å². The molecule has 0 spiro atoms. The Hall–Kier alpha value is -0.650. The smallest absolute Gasteiger partial charge is 0.176 e. The molecule has 0 bridgehead atoms. The molecular formula is C14H25NO8. The van der Waals surface area contributed by atoms with Crippen molar-refractivity contribution < 1.29 is 39.4 Å². The number of rotatable bonds is 6. The van der Waals surface area contributed by atoms with E-state index in [9.17, 15) is 25.2 Å². The van der Waals surface area contributed by atoms with E-state index >= 15 is 0 Å². The summed E-state index contributed by atoms with van der Waals surface area (Å²) in [4.78, 5) is 10.9. The third-order valence-corrected chi connectivity index (χ3v) is 4.56. The Morgan fingerprint density at radius 2 is 1.78 bits per heavy atom. The number of hydrogen-bond acceptors (Lipinski definition) is 9. The molecule has 2 fully saturated rings. The van der Waals surface area contributed by atoms with E-state index in [1.165, 1.54) is 0 Å². The molecule has 0 aromatic carbocycles. The van der Waals surface area contributed by atoms with Crippen LogP contribution in [-0.4, -0.2) is 88.9 Å². The first-order chi connectivity index (χ1) is 11.0. The molecule has 2 saturated heterocycles. The maximum Gasteiger partial charge on any atom is 0.176 e. The highest BCUT2D eigenvalue weighted by Gasteiger charge is 2.49. The minimum Gasteiger partial charge on any atom is -0.394 e. The summed E-state index contributed by atoms with van der Waals surface area (Å²) in [5, 5.41) is 39.0. The van der Waals surface area contributed by atoms with E-state index < -0.39 is 55.6 Å². The van der Waals surface area contributed by atoms with Crippen molar-refractivity contribution in [3.05, 3.63) is 0 Å². The lowest BCUT2D eigenvalue weighted by Gasteiger charge is -2.43. The average molecular weight is 335 g/mol. The normalized spacial score (nSPS) is 47.7. The summed E-state index contributed by atoms with van der Waals surface area (Å²) in [6.07, 6.45) is -6.06. The predicted molar refractivity (Wildman–Crippen MR) is 76.2 cm³/mol. The van der Waals surface area contributed by atoms with Crippen molar-refractivity contribution in [3.8, 4) is 0 Å². The monoisotopic (exact) mass is 335 g/mol. The zero-order valence-corrected chi connectivity index (χ0v) is 12.9. The number of nitrogens with two attached hydrogens (primary N) is 1. The van der Waals surface area contributed by atoms with Gasteiger partial charge in [0.15, 0.2) is 12.6 Å². The van der Waals surface area contributed by atoms with Crippen LogP contribution in [0.15, 0.2) is 0 Å². The second-order valence-corrected chi connectivity index (χ2v) is 5.91. The molecule has 0 aromatic heterocycles. The number of aliphatic hydroxyl groups excluding tert-OH is 4. The lowest BCUT2D eigenvalue weighted by Crippen LogP contribution is -2.61. The largest absolute Gasteiger partial charge is 0.394 e. The molecule has 2 aliphatic rings. The van der Waals surface area contributed by atoms with E-state index in [0.29, 0.717) is 12.7 Å². The van der Waals surface area contributed by atoms with Crippen molar-refractivity contribution >= 4 is 6.29 Å². The molecule has 0 amide bonds. The van der Waals surface area contributed by atoms with E-state index in [4.69, 9.17) is 19.9 Å². The lowest BCUT2D eigenvalue weighted by molar-refractivity contribution is -0.276. The van der Waals surface area contributed by atoms with Gasteiger partial charge < -0.3 is 45.2 Å². The van der Waals surface area contributed by atoms with Gasteiger partial charge in [-0.2, -0.15) is 0 Å². The number of aldehydes is 1. The number of aliphatic hydroxyl groups is 4. The predicted octanol–water partition coefficient (Wildman–Crippen LogP) is -2.88. The van der Waals surface area contributed by atoms with Crippen LogP contribution >= 0.6 is 0 Å². The van der Waals surface area contributed by atoms with Gasteiger partial charge in [0.25, 0.3) is 0 Å². The standard InChI is InChI=1S/C14H25NO8/c1-2-6-7(3-16)22-14(10(15)11(6)19)23-13-9(5-18)21-8(4-17)12(13)20/h4,6-14,16,18-20H,2-3,5,15H2,1H3/t6?,7?,8?,9?,10-,11?,12-,13-,14-/m0/s1. The molecule has 2 rings (SSSR count). The Kier molecular flexibility index (Phi) is 6.46. The molecule has 5 unspecified atom stereocenters. The van der Waals surface area contributed by atoms with Crippen LogP contribution in [0, 0.1) is 5.92 Å². The molecule has 2 heterocycles. The summed E-state index contributed by atoms with van der Waals surface area (Å²) >= 11 is 0. The third kappa shape index (κ3) is 3.57. The van der Waals surface area contributed by atoms with Gasteiger partial charge in [-0.1, -0.05) is 6.92 Å². The van der Waals surface area contributed by atoms with Gasteiger partial charge in [-0.25, -0.2) is 0 Å². The van der Waals surface area contributed by atoms with Crippen LogP contribution in [0.2, 0.25) is 0 Å². The van der Waals surface area contributed by atoms with Gasteiger partial charge >= 0.3 is 0 Å². The SMILES string of the molecule is CCC1C(CO)O[C@@H](O[C@H]2C(CO)OC(C=O)[C@@H]2O)[C@@H](N)C1O. The van der Waals surface area contributed by atoms with Gasteiger partial charge in [0, 0.05) is 5.92 Å². The topological polar surface area (TPSA) is 152 Å². The van der Waals surface area contributed by atoms with Crippen molar-refractivity contribution in [2.75, 3.05) is 13.2 Å². The number of ether oxygens (including phenoxy) is 3. The van der Waals surface area contributed by atoms with Gasteiger partial charge in [-0.3, -0.25) is 0 Å². The highest BCUT2D eigenvalue weighted by atomic mass is 16.7. The molecule has 0 aromatic rings. The van der Waals surface area contributed by atoms with Gasteiger partial charge in [0.2, 0.25) is 0 Å². The summed E-state index contributed by atoms with van der Waals surface area (Å²) in [7, 11) is 0. The minimum absolute atomic E-state index is 0.313. The van der Waals surface area contributed by atoms with Gasteiger partial charge in [-0.15, -0.1) is 0 Å². The van der Waals surface area contributed by atoms with Crippen molar-refractivity contribution in [1.82, 2.24) is 0 Å². The summed E-state index contributed by atoms with van der Waals surface area (Å²) in [5.74, 6) is -0.337. The highest BCUT2D eigenvalue weighted by molar-refractivity contribution is 5.58. The molecule has 0 aliphatic carbocycles. The van der Waals surface area contributed by atoms with Crippen molar-refractivity contribution in [3.63, 3.8) is 0 Å². The van der Waals surface area contributed by atoms with Crippen LogP contribution < -0.4 is 5.73 Å². The summed E-state index contributed by atoms with van der Waals surface area (Å²) in [6, 6.07) is -0.899. The Morgan fingerprint density at radius 3 is 2.30 bits per heavy atom.